The minimum atomic E-state index is -3.47. The van der Waals surface area contributed by atoms with Crippen LogP contribution >= 0.6 is 12.4 Å². The second-order valence-corrected chi connectivity index (χ2v) is 8.07. The van der Waals surface area contributed by atoms with Crippen molar-refractivity contribution in [3.63, 3.8) is 0 Å². The number of rotatable bonds is 4. The first kappa shape index (κ1) is 19.2. The first-order chi connectivity index (χ1) is 11.0. The Bertz CT molecular complexity index is 678. The Morgan fingerprint density at radius 2 is 1.83 bits per heavy atom. The van der Waals surface area contributed by atoms with Crippen LogP contribution in [0.3, 0.4) is 0 Å². The number of amides is 1. The van der Waals surface area contributed by atoms with E-state index >= 15 is 0 Å². The first-order valence-electron chi connectivity index (χ1n) is 8.10. The van der Waals surface area contributed by atoms with Gasteiger partial charge in [-0.05, 0) is 50.6 Å². The maximum atomic E-state index is 12.8. The van der Waals surface area contributed by atoms with Gasteiger partial charge in [0.2, 0.25) is 15.9 Å². The lowest BCUT2D eigenvalue weighted by Crippen LogP contribution is -2.46. The van der Waals surface area contributed by atoms with E-state index in [2.05, 4.69) is 5.32 Å². The van der Waals surface area contributed by atoms with Gasteiger partial charge in [-0.2, -0.15) is 4.31 Å². The number of nitrogens with zero attached hydrogens (tertiary/aromatic N) is 2. The fourth-order valence-corrected chi connectivity index (χ4v) is 4.79. The van der Waals surface area contributed by atoms with Gasteiger partial charge < -0.3 is 10.2 Å². The Morgan fingerprint density at radius 1 is 1.12 bits per heavy atom. The molecular formula is C16H24ClN3O3S. The second-order valence-electron chi connectivity index (χ2n) is 6.13. The molecule has 1 atom stereocenters. The van der Waals surface area contributed by atoms with E-state index in [0.29, 0.717) is 31.0 Å². The highest BCUT2D eigenvalue weighted by molar-refractivity contribution is 7.89. The molecule has 0 spiro atoms. The van der Waals surface area contributed by atoms with E-state index in [0.717, 1.165) is 24.9 Å². The fourth-order valence-electron chi connectivity index (χ4n) is 3.26. The van der Waals surface area contributed by atoms with Crippen LogP contribution in [-0.2, 0) is 14.8 Å². The molecule has 0 aromatic heterocycles. The van der Waals surface area contributed by atoms with E-state index in [4.69, 9.17) is 0 Å². The average molecular weight is 374 g/mol. The zero-order valence-corrected chi connectivity index (χ0v) is 15.4. The van der Waals surface area contributed by atoms with Crippen LogP contribution in [0.25, 0.3) is 0 Å². The monoisotopic (exact) mass is 373 g/mol. The molecule has 6 nitrogen and oxygen atoms in total. The third-order valence-electron chi connectivity index (χ3n) is 4.65. The molecule has 8 heteroatoms. The molecule has 1 unspecified atom stereocenters. The summed E-state index contributed by atoms with van der Waals surface area (Å²) in [6.07, 6.45) is 3.29. The molecule has 3 rings (SSSR count). The molecule has 0 aliphatic carbocycles. The van der Waals surface area contributed by atoms with E-state index in [1.807, 2.05) is 7.05 Å². The number of hydrogen-bond acceptors (Lipinski definition) is 4. The van der Waals surface area contributed by atoms with Crippen molar-refractivity contribution in [2.75, 3.05) is 31.6 Å². The van der Waals surface area contributed by atoms with Crippen LogP contribution in [0.15, 0.2) is 29.2 Å². The highest BCUT2D eigenvalue weighted by atomic mass is 35.5. The quantitative estimate of drug-likeness (QED) is 0.870. The maximum absolute atomic E-state index is 12.8. The van der Waals surface area contributed by atoms with Gasteiger partial charge in [-0.1, -0.05) is 0 Å². The fraction of sp³-hybridized carbons (Fsp3) is 0.562. The normalized spacial score (nSPS) is 22.5. The molecule has 1 N–H and O–H groups in total. The van der Waals surface area contributed by atoms with Crippen LogP contribution < -0.4 is 10.2 Å². The minimum Gasteiger partial charge on any atom is -0.316 e. The Morgan fingerprint density at radius 3 is 2.42 bits per heavy atom. The number of halogens is 1. The molecule has 0 saturated carbocycles. The Kier molecular flexibility index (Phi) is 6.25. The lowest BCUT2D eigenvalue weighted by molar-refractivity contribution is -0.117. The van der Waals surface area contributed by atoms with Crippen molar-refractivity contribution < 1.29 is 13.2 Å². The van der Waals surface area contributed by atoms with Crippen LogP contribution in [0.5, 0.6) is 0 Å². The number of anilines is 1. The van der Waals surface area contributed by atoms with Crippen LogP contribution in [0.4, 0.5) is 5.69 Å². The zero-order chi connectivity index (χ0) is 16.4. The third-order valence-corrected chi connectivity index (χ3v) is 6.53. The standard InChI is InChI=1S/C16H23N3O3S.ClH/c1-17-13-4-2-10-18(12-13)23(21,22)15-8-6-14(7-9-15)19-11-3-5-16(19)20;/h6-9,13,17H,2-5,10-12H2,1H3;1H. The second kappa shape index (κ2) is 7.82. The molecule has 1 aromatic carbocycles. The molecule has 2 aliphatic heterocycles. The van der Waals surface area contributed by atoms with Gasteiger partial charge in [0, 0.05) is 37.8 Å². The van der Waals surface area contributed by atoms with Gasteiger partial charge in [-0.25, -0.2) is 8.42 Å². The summed E-state index contributed by atoms with van der Waals surface area (Å²) in [5, 5.41) is 3.16. The molecule has 1 aromatic rings. The molecule has 24 heavy (non-hydrogen) atoms. The molecule has 0 radical (unpaired) electrons. The van der Waals surface area contributed by atoms with Gasteiger partial charge in [0.1, 0.15) is 0 Å². The largest absolute Gasteiger partial charge is 0.316 e. The first-order valence-corrected chi connectivity index (χ1v) is 9.54. The summed E-state index contributed by atoms with van der Waals surface area (Å²) in [5.41, 5.74) is 0.776. The Balaban J connectivity index is 0.00000208. The Labute approximate surface area is 149 Å². The molecule has 2 aliphatic rings. The van der Waals surface area contributed by atoms with Crippen molar-refractivity contribution in [3.05, 3.63) is 24.3 Å². The summed E-state index contributed by atoms with van der Waals surface area (Å²) in [4.78, 5) is 13.8. The van der Waals surface area contributed by atoms with E-state index in [1.165, 1.54) is 0 Å². The molecule has 1 amide bonds. The van der Waals surface area contributed by atoms with Crippen molar-refractivity contribution in [1.82, 2.24) is 9.62 Å². The van der Waals surface area contributed by atoms with E-state index < -0.39 is 10.0 Å². The van der Waals surface area contributed by atoms with Crippen molar-refractivity contribution >= 4 is 34.0 Å². The summed E-state index contributed by atoms with van der Waals surface area (Å²) >= 11 is 0. The number of hydrogen-bond donors (Lipinski definition) is 1. The highest BCUT2D eigenvalue weighted by Gasteiger charge is 2.30. The van der Waals surface area contributed by atoms with Gasteiger partial charge in [-0.15, -0.1) is 12.4 Å². The summed E-state index contributed by atoms with van der Waals surface area (Å²) in [5.74, 6) is 0.105. The number of carbonyl (C=O) groups is 1. The van der Waals surface area contributed by atoms with Crippen molar-refractivity contribution in [1.29, 1.82) is 0 Å². The number of likely N-dealkylation sites (N-methyl/N-ethyl adjacent to an activating group) is 1. The maximum Gasteiger partial charge on any atom is 0.243 e. The van der Waals surface area contributed by atoms with Gasteiger partial charge in [0.15, 0.2) is 0 Å². The van der Waals surface area contributed by atoms with Gasteiger partial charge in [-0.3, -0.25) is 4.79 Å². The molecule has 0 bridgehead atoms. The lowest BCUT2D eigenvalue weighted by Gasteiger charge is -2.31. The Hall–Kier alpha value is -1.15. The number of sulfonamides is 1. The van der Waals surface area contributed by atoms with Gasteiger partial charge >= 0.3 is 0 Å². The van der Waals surface area contributed by atoms with Crippen molar-refractivity contribution in [2.24, 2.45) is 0 Å². The summed E-state index contributed by atoms with van der Waals surface area (Å²) in [6.45, 7) is 1.78. The van der Waals surface area contributed by atoms with Crippen molar-refractivity contribution in [2.45, 2.75) is 36.6 Å². The van der Waals surface area contributed by atoms with Crippen molar-refractivity contribution in [3.8, 4) is 0 Å². The SMILES string of the molecule is CNC1CCCN(S(=O)(=O)c2ccc(N3CCCC3=O)cc2)C1.Cl. The van der Waals surface area contributed by atoms with Gasteiger partial charge in [0.25, 0.3) is 0 Å². The molecule has 2 heterocycles. The number of benzene rings is 1. The summed E-state index contributed by atoms with van der Waals surface area (Å²) in [6, 6.07) is 6.89. The predicted octanol–water partition coefficient (Wildman–Crippen LogP) is 1.61. The van der Waals surface area contributed by atoms with Crippen LogP contribution in [0, 0.1) is 0 Å². The predicted molar refractivity (Wildman–Crippen MR) is 96.1 cm³/mol. The molecular weight excluding hydrogens is 350 g/mol. The number of nitrogens with one attached hydrogen (secondary N) is 1. The zero-order valence-electron chi connectivity index (χ0n) is 13.8. The molecule has 2 saturated heterocycles. The van der Waals surface area contributed by atoms with E-state index in [-0.39, 0.29) is 24.4 Å². The highest BCUT2D eigenvalue weighted by Crippen LogP contribution is 2.25. The average Bonchev–Trinajstić information content (AvgIpc) is 3.01. The van der Waals surface area contributed by atoms with Crippen LogP contribution in [-0.4, -0.2) is 51.4 Å². The van der Waals surface area contributed by atoms with Gasteiger partial charge in [0.05, 0.1) is 4.90 Å². The molecule has 2 fully saturated rings. The third kappa shape index (κ3) is 3.74. The van der Waals surface area contributed by atoms with E-state index in [9.17, 15) is 13.2 Å². The lowest BCUT2D eigenvalue weighted by atomic mass is 10.1. The number of carbonyl (C=O) groups excluding carboxylic acids is 1. The van der Waals surface area contributed by atoms with E-state index in [1.54, 1.807) is 33.5 Å². The van der Waals surface area contributed by atoms with Crippen LogP contribution in [0.1, 0.15) is 25.7 Å². The minimum absolute atomic E-state index is 0. The summed E-state index contributed by atoms with van der Waals surface area (Å²) in [7, 11) is -1.61. The number of piperidine rings is 1. The molecule has 134 valence electrons. The van der Waals surface area contributed by atoms with Crippen LogP contribution in [0.2, 0.25) is 0 Å². The smallest absolute Gasteiger partial charge is 0.243 e. The topological polar surface area (TPSA) is 69.7 Å². The summed E-state index contributed by atoms with van der Waals surface area (Å²) < 4.78 is 27.1.